The number of carbonyl (C=O) groups is 1. The number of rotatable bonds is 3. The van der Waals surface area contributed by atoms with Crippen LogP contribution < -0.4 is 4.94 Å². The molecule has 0 unspecified atom stereocenters. The van der Waals surface area contributed by atoms with Crippen molar-refractivity contribution in [2.75, 3.05) is 0 Å². The summed E-state index contributed by atoms with van der Waals surface area (Å²) >= 11 is 1.03. The molecule has 0 amide bonds. The van der Waals surface area contributed by atoms with Crippen molar-refractivity contribution in [3.8, 4) is 0 Å². The van der Waals surface area contributed by atoms with Gasteiger partial charge in [0.2, 0.25) is 0 Å². The van der Waals surface area contributed by atoms with E-state index in [4.69, 9.17) is 9.52 Å². The molecule has 0 fully saturated rings. The number of para-hydroxylation sites is 1. The third kappa shape index (κ3) is 2.24. The third-order valence-corrected chi connectivity index (χ3v) is 3.44. The predicted molar refractivity (Wildman–Crippen MR) is 65.5 cm³/mol. The van der Waals surface area contributed by atoms with Crippen LogP contribution in [0.2, 0.25) is 0 Å². The van der Waals surface area contributed by atoms with E-state index < -0.39 is 11.4 Å². The standard InChI is InChI=1S/C12H12O4S/c1-12(2,10(13)14)6-7-4-3-5-8-9(7)16-11(15)17-8/h3-5H,6H2,1-2H3,(H,13,14). The predicted octanol–water partition coefficient (Wildman–Crippen LogP) is 2.51. The average Bonchev–Trinajstić information content (AvgIpc) is 2.59. The molecule has 17 heavy (non-hydrogen) atoms. The molecular formula is C12H12O4S. The third-order valence-electron chi connectivity index (χ3n) is 2.65. The molecule has 0 spiro atoms. The molecular weight excluding hydrogens is 240 g/mol. The minimum atomic E-state index is -0.880. The first kappa shape index (κ1) is 11.9. The van der Waals surface area contributed by atoms with Crippen molar-refractivity contribution < 1.29 is 14.3 Å². The second kappa shape index (κ2) is 4.00. The molecule has 0 aliphatic heterocycles. The molecule has 1 N–H and O–H groups in total. The van der Waals surface area contributed by atoms with E-state index in [1.165, 1.54) is 0 Å². The van der Waals surface area contributed by atoms with Gasteiger partial charge in [-0.25, -0.2) is 4.79 Å². The Morgan fingerprint density at radius 2 is 2.18 bits per heavy atom. The molecule has 0 aliphatic rings. The van der Waals surface area contributed by atoms with Crippen molar-refractivity contribution in [3.05, 3.63) is 33.5 Å². The Hall–Kier alpha value is -1.62. The zero-order valence-electron chi connectivity index (χ0n) is 9.52. The fraction of sp³-hybridized carbons (Fsp3) is 0.333. The van der Waals surface area contributed by atoms with Gasteiger partial charge in [0.1, 0.15) is 0 Å². The van der Waals surface area contributed by atoms with Gasteiger partial charge in [0, 0.05) is 0 Å². The van der Waals surface area contributed by atoms with Crippen LogP contribution in [0.4, 0.5) is 0 Å². The van der Waals surface area contributed by atoms with Crippen LogP contribution in [0.25, 0.3) is 10.3 Å². The van der Waals surface area contributed by atoms with Gasteiger partial charge in [-0.1, -0.05) is 23.5 Å². The van der Waals surface area contributed by atoms with Crippen LogP contribution in [-0.2, 0) is 11.2 Å². The summed E-state index contributed by atoms with van der Waals surface area (Å²) in [6, 6.07) is 5.39. The smallest absolute Gasteiger partial charge is 0.396 e. The summed E-state index contributed by atoms with van der Waals surface area (Å²) < 4.78 is 5.85. The maximum Gasteiger partial charge on any atom is 0.396 e. The molecule has 5 heteroatoms. The number of hydrogen-bond acceptors (Lipinski definition) is 4. The van der Waals surface area contributed by atoms with Crippen LogP contribution in [0.3, 0.4) is 0 Å². The van der Waals surface area contributed by atoms with Crippen LogP contribution in [0.5, 0.6) is 0 Å². The van der Waals surface area contributed by atoms with Crippen molar-refractivity contribution in [1.29, 1.82) is 0 Å². The van der Waals surface area contributed by atoms with Gasteiger partial charge in [-0.2, -0.15) is 0 Å². The summed E-state index contributed by atoms with van der Waals surface area (Å²) in [6.07, 6.45) is 0.333. The van der Waals surface area contributed by atoms with Gasteiger partial charge >= 0.3 is 10.9 Å². The minimum Gasteiger partial charge on any atom is -0.481 e. The van der Waals surface area contributed by atoms with E-state index >= 15 is 0 Å². The molecule has 1 heterocycles. The fourth-order valence-electron chi connectivity index (χ4n) is 1.64. The average molecular weight is 252 g/mol. The fourth-order valence-corrected chi connectivity index (χ4v) is 2.36. The van der Waals surface area contributed by atoms with Gasteiger partial charge in [-0.05, 0) is 31.9 Å². The largest absolute Gasteiger partial charge is 0.481 e. The Bertz CT molecular complexity index is 621. The Morgan fingerprint density at radius 3 is 2.82 bits per heavy atom. The van der Waals surface area contributed by atoms with E-state index in [0.29, 0.717) is 12.0 Å². The lowest BCUT2D eigenvalue weighted by Gasteiger charge is -2.18. The molecule has 90 valence electrons. The van der Waals surface area contributed by atoms with E-state index in [1.807, 2.05) is 0 Å². The molecule has 0 atom stereocenters. The Kier molecular flexibility index (Phi) is 2.79. The van der Waals surface area contributed by atoms with Gasteiger partial charge in [-0.15, -0.1) is 0 Å². The molecule has 0 saturated carbocycles. The topological polar surface area (TPSA) is 67.5 Å². The molecule has 2 aromatic rings. The number of carboxylic acid groups (broad SMARTS) is 1. The highest BCUT2D eigenvalue weighted by molar-refractivity contribution is 7.16. The zero-order chi connectivity index (χ0) is 12.6. The minimum absolute atomic E-state index is 0.333. The molecule has 0 saturated heterocycles. The number of hydrogen-bond donors (Lipinski definition) is 1. The quantitative estimate of drug-likeness (QED) is 0.911. The second-order valence-electron chi connectivity index (χ2n) is 4.56. The number of fused-ring (bicyclic) bond motifs is 1. The Morgan fingerprint density at radius 1 is 1.47 bits per heavy atom. The van der Waals surface area contributed by atoms with Crippen molar-refractivity contribution in [2.45, 2.75) is 20.3 Å². The zero-order valence-corrected chi connectivity index (χ0v) is 10.3. The highest BCUT2D eigenvalue weighted by Gasteiger charge is 2.28. The van der Waals surface area contributed by atoms with Crippen molar-refractivity contribution >= 4 is 27.6 Å². The van der Waals surface area contributed by atoms with Crippen LogP contribution in [0, 0.1) is 5.41 Å². The van der Waals surface area contributed by atoms with E-state index in [-0.39, 0.29) is 4.94 Å². The van der Waals surface area contributed by atoms with Crippen molar-refractivity contribution in [2.24, 2.45) is 5.41 Å². The van der Waals surface area contributed by atoms with Gasteiger partial charge in [0.15, 0.2) is 5.58 Å². The van der Waals surface area contributed by atoms with Crippen LogP contribution in [0.15, 0.2) is 27.4 Å². The summed E-state index contributed by atoms with van der Waals surface area (Å²) in [4.78, 5) is 21.9. The van der Waals surface area contributed by atoms with Crippen molar-refractivity contribution in [3.63, 3.8) is 0 Å². The molecule has 2 rings (SSSR count). The normalized spacial score (nSPS) is 11.9. The molecule has 0 bridgehead atoms. The molecule has 1 aromatic heterocycles. The lowest BCUT2D eigenvalue weighted by atomic mass is 9.86. The summed E-state index contributed by atoms with van der Waals surface area (Å²) in [5.74, 6) is -0.868. The van der Waals surface area contributed by atoms with E-state index in [1.54, 1.807) is 32.0 Å². The first-order valence-corrected chi connectivity index (χ1v) is 5.97. The van der Waals surface area contributed by atoms with Crippen LogP contribution in [-0.4, -0.2) is 11.1 Å². The molecule has 1 aromatic carbocycles. The summed E-state index contributed by atoms with van der Waals surface area (Å²) in [5.41, 5.74) is 0.388. The number of benzene rings is 1. The lowest BCUT2D eigenvalue weighted by molar-refractivity contribution is -0.146. The highest BCUT2D eigenvalue weighted by atomic mass is 32.1. The Labute approximate surface area is 102 Å². The Balaban J connectivity index is 2.49. The number of aliphatic carboxylic acids is 1. The van der Waals surface area contributed by atoms with E-state index in [9.17, 15) is 9.59 Å². The summed E-state index contributed by atoms with van der Waals surface area (Å²) in [7, 11) is 0. The second-order valence-corrected chi connectivity index (χ2v) is 5.54. The molecule has 0 radical (unpaired) electrons. The van der Waals surface area contributed by atoms with Gasteiger partial charge in [0.25, 0.3) is 0 Å². The maximum absolute atomic E-state index is 11.2. The van der Waals surface area contributed by atoms with Gasteiger partial charge < -0.3 is 9.52 Å². The van der Waals surface area contributed by atoms with Crippen molar-refractivity contribution in [1.82, 2.24) is 0 Å². The molecule has 4 nitrogen and oxygen atoms in total. The van der Waals surface area contributed by atoms with Crippen LogP contribution in [0.1, 0.15) is 19.4 Å². The maximum atomic E-state index is 11.2. The number of carboxylic acids is 1. The highest BCUT2D eigenvalue weighted by Crippen LogP contribution is 2.28. The lowest BCUT2D eigenvalue weighted by Crippen LogP contribution is -2.26. The van der Waals surface area contributed by atoms with Gasteiger partial charge in [-0.3, -0.25) is 4.79 Å². The first-order valence-electron chi connectivity index (χ1n) is 5.15. The van der Waals surface area contributed by atoms with E-state index in [0.717, 1.165) is 21.6 Å². The summed E-state index contributed by atoms with van der Waals surface area (Å²) in [5, 5.41) is 9.09. The van der Waals surface area contributed by atoms with Crippen LogP contribution >= 0.6 is 11.3 Å². The first-order chi connectivity index (χ1) is 7.90. The summed E-state index contributed by atoms with van der Waals surface area (Å²) in [6.45, 7) is 3.30. The molecule has 0 aliphatic carbocycles. The monoisotopic (exact) mass is 252 g/mol. The van der Waals surface area contributed by atoms with Gasteiger partial charge in [0.05, 0.1) is 10.1 Å². The SMILES string of the molecule is CC(C)(Cc1cccc2sc(=O)oc12)C(=O)O. The van der Waals surface area contributed by atoms with E-state index in [2.05, 4.69) is 0 Å².